The molecule has 186 valence electrons. The third-order valence-corrected chi connectivity index (χ3v) is 8.63. The van der Waals surface area contributed by atoms with Crippen LogP contribution in [0.3, 0.4) is 0 Å². The van der Waals surface area contributed by atoms with E-state index >= 15 is 0 Å². The number of ether oxygens (including phenoxy) is 1. The van der Waals surface area contributed by atoms with Crippen molar-refractivity contribution in [1.82, 2.24) is 0 Å². The van der Waals surface area contributed by atoms with Crippen LogP contribution in [0.1, 0.15) is 127 Å². The molecule has 0 spiro atoms. The molecule has 0 amide bonds. The van der Waals surface area contributed by atoms with Gasteiger partial charge in [0.1, 0.15) is 0 Å². The Balaban J connectivity index is 1.24. The molecule has 0 radical (unpaired) electrons. The number of unbranched alkanes of at least 4 members (excludes halogenated alkanes) is 4. The lowest BCUT2D eigenvalue weighted by Gasteiger charge is -2.29. The van der Waals surface area contributed by atoms with Gasteiger partial charge in [0.25, 0.3) is 0 Å². The average molecular weight is 461 g/mol. The largest absolute Gasteiger partial charge is 0.373 e. The maximum Gasteiger partial charge on any atom is 0.0825 e. The lowest BCUT2D eigenvalue weighted by Crippen LogP contribution is -2.20. The summed E-state index contributed by atoms with van der Waals surface area (Å²) in [7, 11) is 0. The van der Waals surface area contributed by atoms with E-state index in [1.807, 2.05) is 0 Å². The smallest absolute Gasteiger partial charge is 0.0825 e. The molecule has 0 aromatic heterocycles. The fraction of sp³-hybridized carbons (Fsp3) is 0.636. The quantitative estimate of drug-likeness (QED) is 0.303. The molecule has 1 aliphatic carbocycles. The molecule has 1 saturated carbocycles. The van der Waals surface area contributed by atoms with Gasteiger partial charge in [-0.3, -0.25) is 0 Å². The Bertz CT molecular complexity index is 805. The first-order valence-electron chi connectivity index (χ1n) is 14.6. The van der Waals surface area contributed by atoms with Crippen molar-refractivity contribution in [3.8, 4) is 11.1 Å². The van der Waals surface area contributed by atoms with E-state index in [0.717, 1.165) is 24.4 Å². The van der Waals surface area contributed by atoms with Crippen molar-refractivity contribution >= 4 is 0 Å². The third kappa shape index (κ3) is 7.20. The van der Waals surface area contributed by atoms with Gasteiger partial charge < -0.3 is 4.74 Å². The van der Waals surface area contributed by atoms with E-state index in [-0.39, 0.29) is 6.10 Å². The topological polar surface area (TPSA) is 9.23 Å². The van der Waals surface area contributed by atoms with Gasteiger partial charge >= 0.3 is 0 Å². The minimum Gasteiger partial charge on any atom is -0.373 e. The second-order valence-corrected chi connectivity index (χ2v) is 11.2. The Kier molecular flexibility index (Phi) is 10.1. The van der Waals surface area contributed by atoms with E-state index in [4.69, 9.17) is 4.74 Å². The van der Waals surface area contributed by atoms with Gasteiger partial charge in [-0.2, -0.15) is 0 Å². The van der Waals surface area contributed by atoms with Crippen molar-refractivity contribution in [2.24, 2.45) is 11.8 Å². The van der Waals surface area contributed by atoms with Crippen LogP contribution in [0.4, 0.5) is 0 Å². The SMILES string of the molecule is CCCCCCCC1CCC(c2ccc(-c3ccc(C4CCC(CCC)CC4)cc3)cc2)OC1. The summed E-state index contributed by atoms with van der Waals surface area (Å²) in [5.41, 5.74) is 5.56. The number of hydrogen-bond donors (Lipinski definition) is 0. The van der Waals surface area contributed by atoms with Crippen LogP contribution >= 0.6 is 0 Å². The first-order valence-corrected chi connectivity index (χ1v) is 14.6. The Morgan fingerprint density at radius 2 is 1.21 bits per heavy atom. The molecule has 1 saturated heterocycles. The molecule has 1 aliphatic heterocycles. The Hall–Kier alpha value is -1.60. The first-order chi connectivity index (χ1) is 16.8. The molecule has 2 aromatic rings. The van der Waals surface area contributed by atoms with Gasteiger partial charge in [0, 0.05) is 0 Å². The Morgan fingerprint density at radius 3 is 1.79 bits per heavy atom. The van der Waals surface area contributed by atoms with Gasteiger partial charge in [0.2, 0.25) is 0 Å². The molecule has 2 aromatic carbocycles. The molecule has 0 bridgehead atoms. The minimum absolute atomic E-state index is 0.288. The van der Waals surface area contributed by atoms with Crippen LogP contribution in [0.5, 0.6) is 0 Å². The molecule has 2 unspecified atom stereocenters. The fourth-order valence-electron chi connectivity index (χ4n) is 6.36. The zero-order valence-corrected chi connectivity index (χ0v) is 21.9. The van der Waals surface area contributed by atoms with Gasteiger partial charge in [-0.25, -0.2) is 0 Å². The van der Waals surface area contributed by atoms with Crippen LogP contribution in [-0.4, -0.2) is 6.61 Å². The van der Waals surface area contributed by atoms with Gasteiger partial charge in [0.15, 0.2) is 0 Å². The molecule has 34 heavy (non-hydrogen) atoms. The highest BCUT2D eigenvalue weighted by atomic mass is 16.5. The van der Waals surface area contributed by atoms with Gasteiger partial charge in [-0.05, 0) is 85.0 Å². The summed E-state index contributed by atoms with van der Waals surface area (Å²) in [6.07, 6.45) is 19.4. The normalized spacial score (nSPS) is 25.4. The molecule has 1 nitrogen and oxygen atoms in total. The predicted octanol–water partition coefficient (Wildman–Crippen LogP) is 10.3. The molecule has 2 fully saturated rings. The van der Waals surface area contributed by atoms with Crippen LogP contribution in [0.25, 0.3) is 11.1 Å². The predicted molar refractivity (Wildman–Crippen MR) is 146 cm³/mol. The summed E-state index contributed by atoms with van der Waals surface area (Å²) in [6.45, 7) is 5.56. The maximum atomic E-state index is 6.31. The summed E-state index contributed by atoms with van der Waals surface area (Å²) < 4.78 is 6.31. The van der Waals surface area contributed by atoms with Gasteiger partial charge in [-0.15, -0.1) is 0 Å². The molecule has 2 atom stereocenters. The number of hydrogen-bond acceptors (Lipinski definition) is 1. The van der Waals surface area contributed by atoms with Gasteiger partial charge in [0.05, 0.1) is 12.7 Å². The zero-order valence-electron chi connectivity index (χ0n) is 21.9. The van der Waals surface area contributed by atoms with E-state index < -0.39 is 0 Å². The van der Waals surface area contributed by atoms with E-state index in [0.29, 0.717) is 0 Å². The second-order valence-electron chi connectivity index (χ2n) is 11.2. The van der Waals surface area contributed by atoms with Crippen molar-refractivity contribution in [3.05, 3.63) is 59.7 Å². The van der Waals surface area contributed by atoms with E-state index in [9.17, 15) is 0 Å². The summed E-state index contributed by atoms with van der Waals surface area (Å²) in [5.74, 6) is 2.53. The molecular weight excluding hydrogens is 412 g/mol. The highest BCUT2D eigenvalue weighted by Gasteiger charge is 2.23. The number of rotatable bonds is 11. The highest BCUT2D eigenvalue weighted by Crippen LogP contribution is 2.38. The summed E-state index contributed by atoms with van der Waals surface area (Å²) in [4.78, 5) is 0. The molecule has 0 N–H and O–H groups in total. The molecule has 1 heteroatoms. The van der Waals surface area contributed by atoms with Gasteiger partial charge in [-0.1, -0.05) is 107 Å². The Labute approximate surface area is 209 Å². The summed E-state index contributed by atoms with van der Waals surface area (Å²) >= 11 is 0. The zero-order chi connectivity index (χ0) is 23.6. The van der Waals surface area contributed by atoms with E-state index in [1.165, 1.54) is 107 Å². The van der Waals surface area contributed by atoms with Crippen molar-refractivity contribution in [1.29, 1.82) is 0 Å². The Morgan fingerprint density at radius 1 is 0.588 bits per heavy atom. The molecular formula is C33H48O. The van der Waals surface area contributed by atoms with Crippen LogP contribution in [0.15, 0.2) is 48.5 Å². The molecule has 1 heterocycles. The standard InChI is InChI=1S/C33H48O/c1-3-5-6-7-8-10-27-13-24-33(34-25-27)32-22-20-31(21-23-32)30-18-16-29(17-19-30)28-14-11-26(9-4-2)12-15-28/h16-23,26-28,33H,3-15,24-25H2,1-2H3. The summed E-state index contributed by atoms with van der Waals surface area (Å²) in [5, 5.41) is 0. The lowest BCUT2D eigenvalue weighted by molar-refractivity contribution is -0.0198. The minimum atomic E-state index is 0.288. The van der Waals surface area contributed by atoms with Crippen molar-refractivity contribution in [2.75, 3.05) is 6.61 Å². The molecule has 4 rings (SSSR count). The van der Waals surface area contributed by atoms with E-state index in [2.05, 4.69) is 62.4 Å². The maximum absolute atomic E-state index is 6.31. The van der Waals surface area contributed by atoms with Crippen molar-refractivity contribution < 1.29 is 4.74 Å². The third-order valence-electron chi connectivity index (χ3n) is 8.63. The van der Waals surface area contributed by atoms with Crippen molar-refractivity contribution in [3.63, 3.8) is 0 Å². The monoisotopic (exact) mass is 460 g/mol. The lowest BCUT2D eigenvalue weighted by atomic mass is 9.77. The number of benzene rings is 2. The fourth-order valence-corrected chi connectivity index (χ4v) is 6.36. The van der Waals surface area contributed by atoms with E-state index in [1.54, 1.807) is 5.56 Å². The van der Waals surface area contributed by atoms with Crippen LogP contribution in [0, 0.1) is 11.8 Å². The first kappa shape index (κ1) is 25.5. The molecule has 2 aliphatic rings. The average Bonchev–Trinajstić information content (AvgIpc) is 2.90. The van der Waals surface area contributed by atoms with Crippen LogP contribution in [-0.2, 0) is 4.74 Å². The summed E-state index contributed by atoms with van der Waals surface area (Å²) in [6, 6.07) is 18.6. The highest BCUT2D eigenvalue weighted by molar-refractivity contribution is 5.64. The van der Waals surface area contributed by atoms with Crippen molar-refractivity contribution in [2.45, 2.75) is 116 Å². The second kappa shape index (κ2) is 13.5. The van der Waals surface area contributed by atoms with Crippen LogP contribution < -0.4 is 0 Å². The van der Waals surface area contributed by atoms with Crippen LogP contribution in [0.2, 0.25) is 0 Å².